The van der Waals surface area contributed by atoms with E-state index >= 15 is 0 Å². The van der Waals surface area contributed by atoms with Gasteiger partial charge in [0.2, 0.25) is 11.8 Å². The molecule has 8 rings (SSSR count). The molecular weight excluding hydrogens is 787 g/mol. The van der Waals surface area contributed by atoms with Gasteiger partial charge in [0.15, 0.2) is 23.1 Å². The smallest absolute Gasteiger partial charge is 0.240 e. The van der Waals surface area contributed by atoms with Crippen LogP contribution in [-0.4, -0.2) is 105 Å². The topological polar surface area (TPSA) is 87.6 Å². The number of rotatable bonds is 8. The summed E-state index contributed by atoms with van der Waals surface area (Å²) in [6, 6.07) is 17.2. The van der Waals surface area contributed by atoms with E-state index in [1.165, 1.54) is 36.4 Å². The second kappa shape index (κ2) is 18.3. The molecule has 2 amide bonds. The maximum Gasteiger partial charge on any atom is 0.240 e. The third-order valence-corrected chi connectivity index (χ3v) is 12.6. The normalized spacial score (nSPS) is 25.1. The molecule has 0 aliphatic carbocycles. The van der Waals surface area contributed by atoms with Crippen molar-refractivity contribution in [3.05, 3.63) is 129 Å². The van der Waals surface area contributed by atoms with Crippen molar-refractivity contribution in [2.45, 2.75) is 88.9 Å². The lowest BCUT2D eigenvalue weighted by Crippen LogP contribution is -2.49. The Labute approximate surface area is 346 Å². The molecule has 6 atom stereocenters. The minimum Gasteiger partial charge on any atom is -0.505 e. The molecule has 4 saturated heterocycles. The molecule has 0 unspecified atom stereocenters. The number of piperidine rings is 2. The average Bonchev–Trinajstić information content (AvgIpc) is 3.77. The highest BCUT2D eigenvalue weighted by Gasteiger charge is 2.42. The molecule has 4 heterocycles. The van der Waals surface area contributed by atoms with Gasteiger partial charge in [0.1, 0.15) is 24.0 Å². The highest BCUT2D eigenvalue weighted by atomic mass is 19.2. The van der Waals surface area contributed by atoms with Crippen LogP contribution in [-0.2, 0) is 22.7 Å². The lowest BCUT2D eigenvalue weighted by Gasteiger charge is -2.37. The van der Waals surface area contributed by atoms with Gasteiger partial charge in [0.25, 0.3) is 0 Å². The predicted octanol–water partition coefficient (Wildman–Crippen LogP) is 7.81. The lowest BCUT2D eigenvalue weighted by molar-refractivity contribution is -0.134. The molecule has 4 fully saturated rings. The van der Waals surface area contributed by atoms with E-state index in [1.54, 1.807) is 47.9 Å². The van der Waals surface area contributed by atoms with Gasteiger partial charge in [-0.1, -0.05) is 36.4 Å². The number of alkyl halides is 2. The van der Waals surface area contributed by atoms with E-state index in [2.05, 4.69) is 0 Å². The fraction of sp³-hybridized carbons (Fsp3) is 0.435. The number of amides is 2. The molecule has 0 bridgehead atoms. The zero-order valence-electron chi connectivity index (χ0n) is 33.6. The standard InChI is InChI=1S/2C23H25F3N2O2/c2*1-14-2-3-15(10-18(14)24)12-28-9-7-21(23(28)30)27-8-6-17(20(26)13-27)16-4-5-22(29)19(25)11-16/h2*2-5,10-11,17,20-21,29H,6-9,12-13H2,1H3/t17-,20+,21+;17-,20+,21-/m11/s1. The average molecular weight is 837 g/mol. The van der Waals surface area contributed by atoms with Crippen molar-refractivity contribution < 1.29 is 46.1 Å². The summed E-state index contributed by atoms with van der Waals surface area (Å²) in [6.07, 6.45) is -0.292. The Morgan fingerprint density at radius 1 is 0.533 bits per heavy atom. The first kappa shape index (κ1) is 43.0. The number of hydrogen-bond acceptors (Lipinski definition) is 6. The third-order valence-electron chi connectivity index (χ3n) is 12.6. The number of nitrogens with zero attached hydrogens (tertiary/aromatic N) is 4. The maximum absolute atomic E-state index is 14.9. The number of hydrogen-bond donors (Lipinski definition) is 2. The fourth-order valence-corrected chi connectivity index (χ4v) is 9.03. The number of phenolic OH excluding ortho intramolecular Hbond substituents is 2. The van der Waals surface area contributed by atoms with E-state index in [0.29, 0.717) is 87.2 Å². The number of phenols is 2. The van der Waals surface area contributed by atoms with Crippen LogP contribution in [0.15, 0.2) is 72.8 Å². The number of halogens is 6. The molecule has 14 heteroatoms. The molecule has 60 heavy (non-hydrogen) atoms. The number of carbonyl (C=O) groups excluding carboxylic acids is 2. The summed E-state index contributed by atoms with van der Waals surface area (Å²) in [7, 11) is 0. The number of likely N-dealkylation sites (tertiary alicyclic amines) is 4. The van der Waals surface area contributed by atoms with Crippen molar-refractivity contribution >= 4 is 11.8 Å². The molecule has 2 N–H and O–H groups in total. The van der Waals surface area contributed by atoms with Gasteiger partial charge in [-0.05, 0) is 122 Å². The Kier molecular flexibility index (Phi) is 13.1. The predicted molar refractivity (Wildman–Crippen MR) is 214 cm³/mol. The molecule has 320 valence electrons. The summed E-state index contributed by atoms with van der Waals surface area (Å²) in [5.41, 5.74) is 3.66. The van der Waals surface area contributed by atoms with Crippen molar-refractivity contribution in [2.24, 2.45) is 0 Å². The van der Waals surface area contributed by atoms with Gasteiger partial charge in [0.05, 0.1) is 12.1 Å². The summed E-state index contributed by atoms with van der Waals surface area (Å²) in [5.74, 6) is -4.01. The largest absolute Gasteiger partial charge is 0.505 e. The Bertz CT molecular complexity index is 2060. The quantitative estimate of drug-likeness (QED) is 0.176. The zero-order chi connectivity index (χ0) is 42.8. The zero-order valence-corrected chi connectivity index (χ0v) is 33.6. The van der Waals surface area contributed by atoms with E-state index in [9.17, 15) is 46.1 Å². The van der Waals surface area contributed by atoms with Gasteiger partial charge in [-0.2, -0.15) is 0 Å². The summed E-state index contributed by atoms with van der Waals surface area (Å²) in [4.78, 5) is 32.9. The molecule has 0 spiro atoms. The van der Waals surface area contributed by atoms with E-state index in [-0.39, 0.29) is 48.6 Å². The van der Waals surface area contributed by atoms with Crippen LogP contribution in [0.1, 0.15) is 70.9 Å². The first-order chi connectivity index (χ1) is 28.7. The van der Waals surface area contributed by atoms with Gasteiger partial charge in [-0.25, -0.2) is 26.3 Å². The van der Waals surface area contributed by atoms with Crippen molar-refractivity contribution in [1.29, 1.82) is 0 Å². The first-order valence-corrected chi connectivity index (χ1v) is 20.5. The van der Waals surface area contributed by atoms with Gasteiger partial charge >= 0.3 is 0 Å². The van der Waals surface area contributed by atoms with Crippen molar-refractivity contribution in [2.75, 3.05) is 39.3 Å². The van der Waals surface area contributed by atoms with Crippen LogP contribution in [0.4, 0.5) is 26.3 Å². The molecule has 8 nitrogen and oxygen atoms in total. The van der Waals surface area contributed by atoms with Crippen molar-refractivity contribution in [1.82, 2.24) is 19.6 Å². The highest BCUT2D eigenvalue weighted by Crippen LogP contribution is 2.36. The molecule has 4 aliphatic heterocycles. The van der Waals surface area contributed by atoms with Gasteiger partial charge in [-0.3, -0.25) is 19.4 Å². The summed E-state index contributed by atoms with van der Waals surface area (Å²) < 4.78 is 84.7. The Morgan fingerprint density at radius 2 is 0.933 bits per heavy atom. The summed E-state index contributed by atoms with van der Waals surface area (Å²) >= 11 is 0. The molecule has 4 aromatic rings. The fourth-order valence-electron chi connectivity index (χ4n) is 9.03. The summed E-state index contributed by atoms with van der Waals surface area (Å²) in [6.45, 7) is 6.47. The lowest BCUT2D eigenvalue weighted by atomic mass is 9.87. The molecule has 4 aromatic carbocycles. The van der Waals surface area contributed by atoms with Crippen LogP contribution in [0.25, 0.3) is 0 Å². The van der Waals surface area contributed by atoms with Crippen molar-refractivity contribution in [3.8, 4) is 11.5 Å². The van der Waals surface area contributed by atoms with Crippen LogP contribution in [0.5, 0.6) is 11.5 Å². The van der Waals surface area contributed by atoms with E-state index < -0.39 is 47.3 Å². The van der Waals surface area contributed by atoms with Gasteiger partial charge < -0.3 is 20.0 Å². The Morgan fingerprint density at radius 3 is 1.28 bits per heavy atom. The SMILES string of the molecule is Cc1ccc(CN2CC[C@@H](N3CC[C@H](c4ccc(O)c(F)c4)[C@@H](F)C3)C2=O)cc1F.Cc1ccc(CN2CC[C@H](N3CC[C@H](c4ccc(O)c(F)c4)[C@@H](F)C3)C2=O)cc1F. The number of carbonyl (C=O) groups is 2. The highest BCUT2D eigenvalue weighted by molar-refractivity contribution is 5.84. The number of benzene rings is 4. The van der Waals surface area contributed by atoms with Crippen LogP contribution >= 0.6 is 0 Å². The molecule has 0 saturated carbocycles. The number of aromatic hydroxyl groups is 2. The van der Waals surface area contributed by atoms with Crippen LogP contribution in [0, 0.1) is 37.1 Å². The summed E-state index contributed by atoms with van der Waals surface area (Å²) in [5, 5.41) is 18.7. The Balaban J connectivity index is 0.000000181. The minimum atomic E-state index is -1.23. The molecular formula is C46H50F6N4O4. The third kappa shape index (κ3) is 9.44. The van der Waals surface area contributed by atoms with E-state index in [4.69, 9.17) is 0 Å². The van der Waals surface area contributed by atoms with Crippen LogP contribution in [0.3, 0.4) is 0 Å². The van der Waals surface area contributed by atoms with Crippen molar-refractivity contribution in [3.63, 3.8) is 0 Å². The van der Waals surface area contributed by atoms with Crippen LogP contribution < -0.4 is 0 Å². The number of aryl methyl sites for hydroxylation is 2. The van der Waals surface area contributed by atoms with E-state index in [1.807, 2.05) is 21.9 Å². The second-order valence-electron chi connectivity index (χ2n) is 16.5. The molecule has 4 aliphatic rings. The van der Waals surface area contributed by atoms with E-state index in [0.717, 1.165) is 11.1 Å². The second-order valence-corrected chi connectivity index (χ2v) is 16.5. The Hall–Kier alpha value is -5.08. The van der Waals surface area contributed by atoms with Crippen LogP contribution in [0.2, 0.25) is 0 Å². The minimum absolute atomic E-state index is 0.0580. The van der Waals surface area contributed by atoms with Gasteiger partial charge in [0, 0.05) is 51.1 Å². The molecule has 0 radical (unpaired) electrons. The monoisotopic (exact) mass is 836 g/mol. The molecule has 0 aromatic heterocycles. The maximum atomic E-state index is 14.9. The van der Waals surface area contributed by atoms with Gasteiger partial charge in [-0.15, -0.1) is 0 Å². The first-order valence-electron chi connectivity index (χ1n) is 20.5.